The number of imide groups is 1. The lowest BCUT2D eigenvalue weighted by atomic mass is 10.1. The molecule has 0 radical (unpaired) electrons. The summed E-state index contributed by atoms with van der Waals surface area (Å²) in [6, 6.07) is 9.29. The number of hydrogen-bond donors (Lipinski definition) is 1. The smallest absolute Gasteiger partial charge is 0.324 e. The molecule has 102 valence electrons. The van der Waals surface area contributed by atoms with Crippen molar-refractivity contribution in [1.82, 2.24) is 10.2 Å². The number of nitrogens with one attached hydrogen (secondary N) is 1. The summed E-state index contributed by atoms with van der Waals surface area (Å²) in [7, 11) is 0. The molecule has 1 unspecified atom stereocenters. The average molecular weight is 278 g/mol. The van der Waals surface area contributed by atoms with Crippen molar-refractivity contribution in [2.75, 3.05) is 18.6 Å². The highest BCUT2D eigenvalue weighted by molar-refractivity contribution is 7.98. The van der Waals surface area contributed by atoms with Gasteiger partial charge in [0.25, 0.3) is 5.91 Å². The highest BCUT2D eigenvalue weighted by Gasteiger charge is 2.36. The Morgan fingerprint density at radius 3 is 2.68 bits per heavy atom. The van der Waals surface area contributed by atoms with Gasteiger partial charge < -0.3 is 5.32 Å². The van der Waals surface area contributed by atoms with Crippen LogP contribution in [0.2, 0.25) is 0 Å². The standard InChI is InChI=1S/C14H18N2O2S/c1-19-10-8-12-13(17)16(14(18)15-12)9-7-11-5-3-2-4-6-11/h2-6,12H,7-10H2,1H3,(H,15,18). The van der Waals surface area contributed by atoms with Gasteiger partial charge in [0.2, 0.25) is 0 Å². The van der Waals surface area contributed by atoms with Crippen LogP contribution in [0.1, 0.15) is 12.0 Å². The molecule has 0 saturated carbocycles. The van der Waals surface area contributed by atoms with Crippen LogP contribution in [0.15, 0.2) is 30.3 Å². The predicted molar refractivity (Wildman–Crippen MR) is 77.2 cm³/mol. The molecule has 3 amide bonds. The van der Waals surface area contributed by atoms with Crippen molar-refractivity contribution in [1.29, 1.82) is 0 Å². The van der Waals surface area contributed by atoms with Gasteiger partial charge in [-0.15, -0.1) is 0 Å². The Balaban J connectivity index is 1.90. The fourth-order valence-electron chi connectivity index (χ4n) is 2.11. The number of urea groups is 1. The first-order valence-electron chi connectivity index (χ1n) is 6.37. The Labute approximate surface area is 117 Å². The van der Waals surface area contributed by atoms with E-state index in [4.69, 9.17) is 0 Å². The van der Waals surface area contributed by atoms with Crippen molar-refractivity contribution in [2.24, 2.45) is 0 Å². The summed E-state index contributed by atoms with van der Waals surface area (Å²) < 4.78 is 0. The zero-order chi connectivity index (χ0) is 13.7. The van der Waals surface area contributed by atoms with Crippen LogP contribution in [0.3, 0.4) is 0 Å². The summed E-state index contributed by atoms with van der Waals surface area (Å²) in [6.45, 7) is 0.449. The third-order valence-corrected chi connectivity index (χ3v) is 3.83. The van der Waals surface area contributed by atoms with Crippen LogP contribution in [-0.4, -0.2) is 41.4 Å². The topological polar surface area (TPSA) is 49.4 Å². The Bertz CT molecular complexity index is 450. The monoisotopic (exact) mass is 278 g/mol. The minimum Gasteiger partial charge on any atom is -0.326 e. The van der Waals surface area contributed by atoms with Crippen molar-refractivity contribution in [3.63, 3.8) is 0 Å². The van der Waals surface area contributed by atoms with Crippen molar-refractivity contribution < 1.29 is 9.59 Å². The van der Waals surface area contributed by atoms with Crippen LogP contribution in [0.5, 0.6) is 0 Å². The van der Waals surface area contributed by atoms with Crippen molar-refractivity contribution >= 4 is 23.7 Å². The van der Waals surface area contributed by atoms with Crippen LogP contribution in [0.25, 0.3) is 0 Å². The second-order valence-corrected chi connectivity index (χ2v) is 5.49. The maximum absolute atomic E-state index is 12.1. The van der Waals surface area contributed by atoms with Crippen LogP contribution in [0, 0.1) is 0 Å². The molecule has 1 saturated heterocycles. The summed E-state index contributed by atoms with van der Waals surface area (Å²) in [6.07, 6.45) is 3.40. The molecular weight excluding hydrogens is 260 g/mol. The van der Waals surface area contributed by atoms with E-state index in [0.717, 1.165) is 11.3 Å². The molecule has 2 rings (SSSR count). The predicted octanol–water partition coefficient (Wildman–Crippen LogP) is 1.90. The number of amides is 3. The third-order valence-electron chi connectivity index (χ3n) is 3.18. The molecule has 1 aromatic carbocycles. The zero-order valence-electron chi connectivity index (χ0n) is 11.0. The summed E-state index contributed by atoms with van der Waals surface area (Å²) >= 11 is 1.68. The van der Waals surface area contributed by atoms with Crippen LogP contribution < -0.4 is 5.32 Å². The fourth-order valence-corrected chi connectivity index (χ4v) is 2.58. The van der Waals surface area contributed by atoms with E-state index in [2.05, 4.69) is 5.32 Å². The quantitative estimate of drug-likeness (QED) is 0.809. The number of carbonyl (C=O) groups is 2. The minimum absolute atomic E-state index is 0.0880. The molecule has 1 aliphatic rings. The highest BCUT2D eigenvalue weighted by Crippen LogP contribution is 2.12. The molecule has 1 atom stereocenters. The lowest BCUT2D eigenvalue weighted by molar-refractivity contribution is -0.127. The minimum atomic E-state index is -0.337. The molecule has 1 N–H and O–H groups in total. The second-order valence-electron chi connectivity index (χ2n) is 4.51. The molecule has 0 aromatic heterocycles. The van der Waals surface area contributed by atoms with Gasteiger partial charge in [0.15, 0.2) is 0 Å². The van der Waals surface area contributed by atoms with Gasteiger partial charge in [-0.25, -0.2) is 4.79 Å². The summed E-state index contributed by atoms with van der Waals surface area (Å²) in [5.74, 6) is 0.790. The van der Waals surface area contributed by atoms with E-state index in [0.29, 0.717) is 19.4 Å². The van der Waals surface area contributed by atoms with E-state index in [-0.39, 0.29) is 18.0 Å². The van der Waals surface area contributed by atoms with Crippen molar-refractivity contribution in [3.05, 3.63) is 35.9 Å². The molecule has 0 spiro atoms. The molecule has 1 fully saturated rings. The molecule has 5 heteroatoms. The average Bonchev–Trinajstić information content (AvgIpc) is 2.70. The van der Waals surface area contributed by atoms with Gasteiger partial charge in [0.1, 0.15) is 6.04 Å². The third kappa shape index (κ3) is 3.50. The van der Waals surface area contributed by atoms with Gasteiger partial charge in [-0.05, 0) is 30.4 Å². The van der Waals surface area contributed by atoms with Crippen LogP contribution in [-0.2, 0) is 11.2 Å². The fraction of sp³-hybridized carbons (Fsp3) is 0.429. The van der Waals surface area contributed by atoms with E-state index < -0.39 is 0 Å². The molecule has 1 aromatic rings. The van der Waals surface area contributed by atoms with Gasteiger partial charge in [0, 0.05) is 6.54 Å². The maximum Gasteiger partial charge on any atom is 0.324 e. The molecule has 1 aliphatic heterocycles. The number of thioether (sulfide) groups is 1. The molecule has 4 nitrogen and oxygen atoms in total. The Hall–Kier alpha value is -1.49. The molecule has 0 aliphatic carbocycles. The Morgan fingerprint density at radius 1 is 1.26 bits per heavy atom. The van der Waals surface area contributed by atoms with E-state index in [9.17, 15) is 9.59 Å². The van der Waals surface area contributed by atoms with Gasteiger partial charge in [-0.2, -0.15) is 11.8 Å². The van der Waals surface area contributed by atoms with Crippen molar-refractivity contribution in [2.45, 2.75) is 18.9 Å². The number of hydrogen-bond acceptors (Lipinski definition) is 3. The second kappa shape index (κ2) is 6.61. The van der Waals surface area contributed by atoms with Crippen LogP contribution in [0.4, 0.5) is 4.79 Å². The molecular formula is C14H18N2O2S. The van der Waals surface area contributed by atoms with Gasteiger partial charge >= 0.3 is 6.03 Å². The maximum atomic E-state index is 12.1. The van der Waals surface area contributed by atoms with E-state index in [1.54, 1.807) is 11.8 Å². The van der Waals surface area contributed by atoms with Crippen molar-refractivity contribution in [3.8, 4) is 0 Å². The van der Waals surface area contributed by atoms with E-state index in [1.165, 1.54) is 4.90 Å². The van der Waals surface area contributed by atoms with Gasteiger partial charge in [-0.3, -0.25) is 9.69 Å². The van der Waals surface area contributed by atoms with E-state index in [1.807, 2.05) is 36.6 Å². The lowest BCUT2D eigenvalue weighted by Crippen LogP contribution is -2.33. The van der Waals surface area contributed by atoms with Crippen LogP contribution >= 0.6 is 11.8 Å². The first-order chi connectivity index (χ1) is 9.22. The molecule has 0 bridgehead atoms. The lowest BCUT2D eigenvalue weighted by Gasteiger charge is -2.12. The molecule has 19 heavy (non-hydrogen) atoms. The summed E-state index contributed by atoms with van der Waals surface area (Å²) in [5, 5.41) is 2.75. The Kier molecular flexibility index (Phi) is 4.85. The number of benzene rings is 1. The summed E-state index contributed by atoms with van der Waals surface area (Å²) in [4.78, 5) is 25.2. The first kappa shape index (κ1) is 13.9. The SMILES string of the molecule is CSCCC1NC(=O)N(CCc2ccccc2)C1=O. The number of nitrogens with zero attached hydrogens (tertiary/aromatic N) is 1. The molecule has 1 heterocycles. The summed E-state index contributed by atoms with van der Waals surface area (Å²) in [5.41, 5.74) is 1.13. The highest BCUT2D eigenvalue weighted by atomic mass is 32.2. The number of rotatable bonds is 6. The largest absolute Gasteiger partial charge is 0.326 e. The normalized spacial score (nSPS) is 18.8. The Morgan fingerprint density at radius 2 is 2.00 bits per heavy atom. The zero-order valence-corrected chi connectivity index (χ0v) is 11.8. The van der Waals surface area contributed by atoms with Gasteiger partial charge in [0.05, 0.1) is 0 Å². The van der Waals surface area contributed by atoms with E-state index >= 15 is 0 Å². The first-order valence-corrected chi connectivity index (χ1v) is 7.76. The number of carbonyl (C=O) groups excluding carboxylic acids is 2. The van der Waals surface area contributed by atoms with Gasteiger partial charge in [-0.1, -0.05) is 30.3 Å².